The molecule has 0 N–H and O–H groups in total. The molecule has 0 radical (unpaired) electrons. The summed E-state index contributed by atoms with van der Waals surface area (Å²) >= 11 is 0. The molecule has 162 valence electrons. The summed E-state index contributed by atoms with van der Waals surface area (Å²) in [6.07, 6.45) is 4.94. The molecule has 2 aliphatic heterocycles. The maximum Gasteiger partial charge on any atom is 0.138 e. The Bertz CT molecular complexity index is 1100. The van der Waals surface area contributed by atoms with Crippen LogP contribution in [0.2, 0.25) is 0 Å². The van der Waals surface area contributed by atoms with Crippen LogP contribution in [0.25, 0.3) is 5.65 Å². The van der Waals surface area contributed by atoms with Crippen molar-refractivity contribution in [2.45, 2.75) is 31.8 Å². The Balaban J connectivity index is 1.49. The summed E-state index contributed by atoms with van der Waals surface area (Å²) in [4.78, 5) is 29.4. The number of carbonyl (C=O) groups is 1. The van der Waals surface area contributed by atoms with Crippen molar-refractivity contribution < 1.29 is 4.79 Å². The molecule has 2 aliphatic rings. The van der Waals surface area contributed by atoms with Gasteiger partial charge in [0.25, 0.3) is 0 Å². The number of likely N-dealkylation sites (tertiary alicyclic amines) is 1. The van der Waals surface area contributed by atoms with E-state index in [0.29, 0.717) is 12.8 Å². The number of hydrogen-bond donors (Lipinski definition) is 0. The smallest absolute Gasteiger partial charge is 0.138 e. The number of aryl methyl sites for hydroxylation is 1. The van der Waals surface area contributed by atoms with E-state index < -0.39 is 0 Å². The number of ketones is 1. The molecule has 31 heavy (non-hydrogen) atoms. The average molecular weight is 419 g/mol. The number of piperazine rings is 1. The molecule has 7 heteroatoms. The molecule has 5 rings (SSSR count). The average Bonchev–Trinajstić information content (AvgIpc) is 3.20. The SMILES string of the molecule is Cc1cccnc1[C@H]1CC(=O)C[C@@H](c2cn3c(N4CCN(C)CC4)cccc3n2)N1C. The maximum atomic E-state index is 12.7. The highest BCUT2D eigenvalue weighted by Crippen LogP contribution is 2.39. The third-order valence-electron chi connectivity index (χ3n) is 6.85. The molecule has 2 fully saturated rings. The molecule has 0 saturated carbocycles. The number of imidazole rings is 1. The molecule has 3 aromatic rings. The van der Waals surface area contributed by atoms with Crippen LogP contribution in [0.3, 0.4) is 0 Å². The van der Waals surface area contributed by atoms with Gasteiger partial charge in [-0.25, -0.2) is 4.98 Å². The van der Waals surface area contributed by atoms with E-state index in [1.165, 1.54) is 5.82 Å². The van der Waals surface area contributed by atoms with E-state index in [-0.39, 0.29) is 17.9 Å². The first-order valence-corrected chi connectivity index (χ1v) is 11.1. The van der Waals surface area contributed by atoms with Gasteiger partial charge in [-0.3, -0.25) is 19.1 Å². The Morgan fingerprint density at radius 1 is 0.968 bits per heavy atom. The summed E-state index contributed by atoms with van der Waals surface area (Å²) in [7, 11) is 4.27. The van der Waals surface area contributed by atoms with Crippen LogP contribution in [-0.2, 0) is 4.79 Å². The second-order valence-corrected chi connectivity index (χ2v) is 8.92. The topological polar surface area (TPSA) is 57.0 Å². The fourth-order valence-electron chi connectivity index (χ4n) is 4.94. The van der Waals surface area contributed by atoms with Gasteiger partial charge < -0.3 is 9.80 Å². The summed E-state index contributed by atoms with van der Waals surface area (Å²) in [5.41, 5.74) is 4.00. The van der Waals surface area contributed by atoms with Gasteiger partial charge in [0.15, 0.2) is 0 Å². The van der Waals surface area contributed by atoms with Crippen LogP contribution in [0.1, 0.15) is 41.9 Å². The van der Waals surface area contributed by atoms with E-state index in [0.717, 1.165) is 48.8 Å². The normalized spacial score (nSPS) is 23.6. The fraction of sp³-hybridized carbons (Fsp3) is 0.458. The highest BCUT2D eigenvalue weighted by molar-refractivity contribution is 5.81. The Hall–Kier alpha value is -2.77. The summed E-state index contributed by atoms with van der Waals surface area (Å²) in [6, 6.07) is 10.2. The number of pyridine rings is 2. The van der Waals surface area contributed by atoms with Crippen molar-refractivity contribution >= 4 is 17.2 Å². The number of piperidine rings is 1. The second-order valence-electron chi connectivity index (χ2n) is 8.92. The molecule has 7 nitrogen and oxygen atoms in total. The minimum Gasteiger partial charge on any atom is -0.355 e. The predicted molar refractivity (Wildman–Crippen MR) is 121 cm³/mol. The van der Waals surface area contributed by atoms with Gasteiger partial charge in [-0.1, -0.05) is 12.1 Å². The Morgan fingerprint density at radius 2 is 1.74 bits per heavy atom. The van der Waals surface area contributed by atoms with Crippen molar-refractivity contribution in [3.8, 4) is 0 Å². The molecule has 2 saturated heterocycles. The molecule has 0 unspecified atom stereocenters. The number of hydrogen-bond acceptors (Lipinski definition) is 6. The van der Waals surface area contributed by atoms with Crippen LogP contribution in [0.5, 0.6) is 0 Å². The van der Waals surface area contributed by atoms with Crippen molar-refractivity contribution in [1.29, 1.82) is 0 Å². The number of fused-ring (bicyclic) bond motifs is 1. The lowest BCUT2D eigenvalue weighted by atomic mass is 9.90. The number of carbonyl (C=O) groups excluding carboxylic acids is 1. The van der Waals surface area contributed by atoms with Gasteiger partial charge in [-0.2, -0.15) is 0 Å². The first kappa shape index (κ1) is 20.2. The molecular formula is C24H30N6O. The third kappa shape index (κ3) is 3.72. The zero-order chi connectivity index (χ0) is 21.5. The number of aromatic nitrogens is 3. The van der Waals surface area contributed by atoms with E-state index in [1.54, 1.807) is 0 Å². The molecule has 2 atom stereocenters. The summed E-state index contributed by atoms with van der Waals surface area (Å²) < 4.78 is 2.19. The number of rotatable bonds is 3. The minimum atomic E-state index is -0.0482. The van der Waals surface area contributed by atoms with E-state index in [1.807, 2.05) is 18.3 Å². The molecular weight excluding hydrogens is 388 g/mol. The highest BCUT2D eigenvalue weighted by Gasteiger charge is 2.36. The first-order valence-electron chi connectivity index (χ1n) is 11.1. The highest BCUT2D eigenvalue weighted by atomic mass is 16.1. The maximum absolute atomic E-state index is 12.7. The van der Waals surface area contributed by atoms with Gasteiger partial charge >= 0.3 is 0 Å². The zero-order valence-electron chi connectivity index (χ0n) is 18.5. The Labute approximate surface area is 183 Å². The number of anilines is 1. The van der Waals surface area contributed by atoms with Crippen LogP contribution in [0.4, 0.5) is 5.82 Å². The van der Waals surface area contributed by atoms with Gasteiger partial charge in [0.2, 0.25) is 0 Å². The molecule has 0 bridgehead atoms. The van der Waals surface area contributed by atoms with Gasteiger partial charge in [0, 0.05) is 51.4 Å². The van der Waals surface area contributed by atoms with Crippen LogP contribution in [0.15, 0.2) is 42.7 Å². The van der Waals surface area contributed by atoms with Crippen molar-refractivity contribution in [2.24, 2.45) is 0 Å². The summed E-state index contributed by atoms with van der Waals surface area (Å²) in [6.45, 7) is 6.20. The lowest BCUT2D eigenvalue weighted by Gasteiger charge is -2.38. The van der Waals surface area contributed by atoms with E-state index >= 15 is 0 Å². The lowest BCUT2D eigenvalue weighted by molar-refractivity contribution is -0.125. The van der Waals surface area contributed by atoms with Crippen LogP contribution in [0, 0.1) is 6.92 Å². The van der Waals surface area contributed by atoms with E-state index in [4.69, 9.17) is 4.98 Å². The van der Waals surface area contributed by atoms with Crippen molar-refractivity contribution in [3.63, 3.8) is 0 Å². The van der Waals surface area contributed by atoms with Crippen molar-refractivity contribution in [1.82, 2.24) is 24.2 Å². The van der Waals surface area contributed by atoms with E-state index in [9.17, 15) is 4.79 Å². The van der Waals surface area contributed by atoms with Gasteiger partial charge in [0.05, 0.1) is 23.5 Å². The number of likely N-dealkylation sites (N-methyl/N-ethyl adjacent to an activating group) is 1. The van der Waals surface area contributed by atoms with Crippen LogP contribution in [-0.4, -0.2) is 70.2 Å². The monoisotopic (exact) mass is 418 g/mol. The van der Waals surface area contributed by atoms with Crippen LogP contribution >= 0.6 is 0 Å². The fourth-order valence-corrected chi connectivity index (χ4v) is 4.94. The second kappa shape index (κ2) is 8.05. The standard InChI is InChI=1S/C24H30N6O/c1-17-6-5-9-25-24(17)21-15-18(31)14-20(28(21)3)19-16-30-22(26-19)7-4-8-23(30)29-12-10-27(2)11-13-29/h4-9,16,20-21H,10-15H2,1-3H3/t20-,21+/m0/s1. The zero-order valence-corrected chi connectivity index (χ0v) is 18.5. The molecule has 0 amide bonds. The summed E-state index contributed by atoms with van der Waals surface area (Å²) in [5.74, 6) is 1.45. The van der Waals surface area contributed by atoms with Crippen molar-refractivity contribution in [3.05, 3.63) is 59.7 Å². The molecule has 3 aromatic heterocycles. The largest absolute Gasteiger partial charge is 0.355 e. The first-order chi connectivity index (χ1) is 15.0. The van der Waals surface area contributed by atoms with Crippen molar-refractivity contribution in [2.75, 3.05) is 45.2 Å². The molecule has 0 spiro atoms. The Morgan fingerprint density at radius 3 is 2.52 bits per heavy atom. The minimum absolute atomic E-state index is 0.0191. The number of nitrogens with zero attached hydrogens (tertiary/aromatic N) is 6. The number of Topliss-reactive ketones (excluding diaryl/α,β-unsaturated/α-hetero) is 1. The van der Waals surface area contributed by atoms with Crippen LogP contribution < -0.4 is 4.90 Å². The third-order valence-corrected chi connectivity index (χ3v) is 6.85. The predicted octanol–water partition coefficient (Wildman–Crippen LogP) is 2.87. The molecule has 0 aliphatic carbocycles. The van der Waals surface area contributed by atoms with Gasteiger partial charge in [-0.15, -0.1) is 0 Å². The van der Waals surface area contributed by atoms with E-state index in [2.05, 4.69) is 69.5 Å². The Kier molecular flexibility index (Phi) is 5.24. The summed E-state index contributed by atoms with van der Waals surface area (Å²) in [5, 5.41) is 0. The lowest BCUT2D eigenvalue weighted by Crippen LogP contribution is -2.45. The van der Waals surface area contributed by atoms with Gasteiger partial charge in [0.1, 0.15) is 17.2 Å². The molecule has 0 aromatic carbocycles. The van der Waals surface area contributed by atoms with Gasteiger partial charge in [-0.05, 0) is 44.8 Å². The molecule has 5 heterocycles. The quantitative estimate of drug-likeness (QED) is 0.652.